The van der Waals surface area contributed by atoms with Crippen molar-refractivity contribution in [2.75, 3.05) is 7.11 Å². The van der Waals surface area contributed by atoms with Gasteiger partial charge in [0.25, 0.3) is 0 Å². The number of methoxy groups -OCH3 is 1. The minimum Gasteiger partial charge on any atom is -0.390 e. The Balaban J connectivity index is 2.57. The fourth-order valence-electron chi connectivity index (χ4n) is 2.71. The third-order valence-corrected chi connectivity index (χ3v) is 4.68. The van der Waals surface area contributed by atoms with Gasteiger partial charge in [-0.05, 0) is 44.9 Å². The Bertz CT molecular complexity index is 225. The van der Waals surface area contributed by atoms with E-state index in [-0.39, 0.29) is 5.60 Å². The molecule has 0 aromatic heterocycles. The van der Waals surface area contributed by atoms with Crippen LogP contribution in [0, 0.1) is 11.8 Å². The number of ether oxygens (including phenoxy) is 1. The smallest absolute Gasteiger partial charge is 0.0676 e. The van der Waals surface area contributed by atoms with Gasteiger partial charge in [0.2, 0.25) is 0 Å². The molecule has 3 unspecified atom stereocenters. The fraction of sp³-hybridized carbons (Fsp3) is 1.00. The molecule has 2 nitrogen and oxygen atoms in total. The van der Waals surface area contributed by atoms with Crippen LogP contribution < -0.4 is 0 Å². The molecule has 0 amide bonds. The van der Waals surface area contributed by atoms with Crippen molar-refractivity contribution in [3.8, 4) is 0 Å². The van der Waals surface area contributed by atoms with E-state index in [0.29, 0.717) is 11.8 Å². The zero-order valence-electron chi connectivity index (χ0n) is 11.5. The molecule has 0 saturated heterocycles. The van der Waals surface area contributed by atoms with Crippen LogP contribution in [0.25, 0.3) is 0 Å². The van der Waals surface area contributed by atoms with E-state index in [1.165, 1.54) is 6.42 Å². The maximum atomic E-state index is 10.7. The van der Waals surface area contributed by atoms with Crippen molar-refractivity contribution in [1.29, 1.82) is 0 Å². The number of hydrogen-bond acceptors (Lipinski definition) is 2. The molecule has 1 aliphatic rings. The van der Waals surface area contributed by atoms with Gasteiger partial charge >= 0.3 is 0 Å². The summed E-state index contributed by atoms with van der Waals surface area (Å²) >= 11 is 0. The van der Waals surface area contributed by atoms with Gasteiger partial charge in [-0.2, -0.15) is 0 Å². The first kappa shape index (κ1) is 14.0. The lowest BCUT2D eigenvalue weighted by Gasteiger charge is -2.43. The van der Waals surface area contributed by atoms with Gasteiger partial charge in [-0.15, -0.1) is 0 Å². The molecular formula is C14H28O2. The summed E-state index contributed by atoms with van der Waals surface area (Å²) in [5, 5.41) is 10.7. The summed E-state index contributed by atoms with van der Waals surface area (Å²) in [5.74, 6) is 1.05. The minimum absolute atomic E-state index is 0.115. The van der Waals surface area contributed by atoms with Gasteiger partial charge < -0.3 is 9.84 Å². The predicted molar refractivity (Wildman–Crippen MR) is 67.5 cm³/mol. The summed E-state index contributed by atoms with van der Waals surface area (Å²) in [4.78, 5) is 0. The highest BCUT2D eigenvalue weighted by atomic mass is 16.5. The standard InChI is InChI=1S/C14H28O2/c1-11-7-6-8-14(15,12(11)2)10-9-13(3,4)16-5/h11-12,15H,6-10H2,1-5H3. The maximum absolute atomic E-state index is 10.7. The average Bonchev–Trinajstić information content (AvgIpc) is 2.24. The lowest BCUT2D eigenvalue weighted by molar-refractivity contribution is -0.0872. The number of aliphatic hydroxyl groups is 1. The molecule has 0 aromatic rings. The highest BCUT2D eigenvalue weighted by Crippen LogP contribution is 2.41. The molecular weight excluding hydrogens is 200 g/mol. The van der Waals surface area contributed by atoms with E-state index in [0.717, 1.165) is 25.7 Å². The monoisotopic (exact) mass is 228 g/mol. The van der Waals surface area contributed by atoms with Crippen LogP contribution in [0.2, 0.25) is 0 Å². The van der Waals surface area contributed by atoms with E-state index >= 15 is 0 Å². The van der Waals surface area contributed by atoms with Crippen LogP contribution >= 0.6 is 0 Å². The zero-order valence-corrected chi connectivity index (χ0v) is 11.5. The van der Waals surface area contributed by atoms with Crippen LogP contribution in [-0.2, 0) is 4.74 Å². The second kappa shape index (κ2) is 5.05. The lowest BCUT2D eigenvalue weighted by atomic mass is 9.68. The van der Waals surface area contributed by atoms with E-state index in [1.54, 1.807) is 7.11 Å². The zero-order chi connectivity index (χ0) is 12.4. The van der Waals surface area contributed by atoms with Crippen molar-refractivity contribution >= 4 is 0 Å². The molecule has 1 aliphatic carbocycles. The second-order valence-electron chi connectivity index (χ2n) is 6.23. The largest absolute Gasteiger partial charge is 0.390 e. The molecule has 0 aliphatic heterocycles. The molecule has 1 fully saturated rings. The van der Waals surface area contributed by atoms with E-state index in [9.17, 15) is 5.11 Å². The molecule has 0 bridgehead atoms. The summed E-state index contributed by atoms with van der Waals surface area (Å²) in [7, 11) is 1.75. The first-order valence-corrected chi connectivity index (χ1v) is 6.58. The molecule has 1 saturated carbocycles. The Hall–Kier alpha value is -0.0800. The van der Waals surface area contributed by atoms with Gasteiger partial charge in [0.1, 0.15) is 0 Å². The van der Waals surface area contributed by atoms with E-state index in [1.807, 2.05) is 0 Å². The second-order valence-corrected chi connectivity index (χ2v) is 6.23. The Labute approximate surface area is 100 Å². The van der Waals surface area contributed by atoms with E-state index in [2.05, 4.69) is 27.7 Å². The summed E-state index contributed by atoms with van der Waals surface area (Å²) in [6.07, 6.45) is 5.17. The van der Waals surface area contributed by atoms with Crippen LogP contribution in [0.4, 0.5) is 0 Å². The predicted octanol–water partition coefficient (Wildman–Crippen LogP) is 3.38. The van der Waals surface area contributed by atoms with Gasteiger partial charge in [0, 0.05) is 7.11 Å². The third kappa shape index (κ3) is 3.21. The normalized spacial score (nSPS) is 36.4. The Morgan fingerprint density at radius 1 is 1.38 bits per heavy atom. The van der Waals surface area contributed by atoms with Crippen LogP contribution in [0.15, 0.2) is 0 Å². The molecule has 0 heterocycles. The summed E-state index contributed by atoms with van der Waals surface area (Å²) < 4.78 is 5.42. The third-order valence-electron chi connectivity index (χ3n) is 4.68. The van der Waals surface area contributed by atoms with Crippen LogP contribution in [0.5, 0.6) is 0 Å². The Morgan fingerprint density at radius 3 is 2.56 bits per heavy atom. The molecule has 0 spiro atoms. The summed E-state index contributed by atoms with van der Waals surface area (Å²) in [6.45, 7) is 8.64. The molecule has 3 atom stereocenters. The first-order valence-electron chi connectivity index (χ1n) is 6.58. The van der Waals surface area contributed by atoms with E-state index < -0.39 is 5.60 Å². The van der Waals surface area contributed by atoms with Gasteiger partial charge in [-0.1, -0.05) is 26.7 Å². The molecule has 1 rings (SSSR count). The summed E-state index contributed by atoms with van der Waals surface area (Å²) in [5.41, 5.74) is -0.580. The maximum Gasteiger partial charge on any atom is 0.0676 e. The van der Waals surface area contributed by atoms with Crippen molar-refractivity contribution in [1.82, 2.24) is 0 Å². The molecule has 0 aromatic carbocycles. The fourth-order valence-corrected chi connectivity index (χ4v) is 2.71. The molecule has 1 N–H and O–H groups in total. The van der Waals surface area contributed by atoms with Crippen LogP contribution in [0.3, 0.4) is 0 Å². The minimum atomic E-state index is -0.465. The van der Waals surface area contributed by atoms with Crippen molar-refractivity contribution in [2.45, 2.75) is 71.0 Å². The van der Waals surface area contributed by atoms with Crippen molar-refractivity contribution in [3.05, 3.63) is 0 Å². The van der Waals surface area contributed by atoms with Crippen LogP contribution in [-0.4, -0.2) is 23.4 Å². The van der Waals surface area contributed by atoms with Crippen molar-refractivity contribution in [3.63, 3.8) is 0 Å². The van der Waals surface area contributed by atoms with Crippen molar-refractivity contribution in [2.24, 2.45) is 11.8 Å². The highest BCUT2D eigenvalue weighted by Gasteiger charge is 2.40. The molecule has 0 radical (unpaired) electrons. The highest BCUT2D eigenvalue weighted by molar-refractivity contribution is 4.92. The average molecular weight is 228 g/mol. The van der Waals surface area contributed by atoms with Gasteiger partial charge in [0.05, 0.1) is 11.2 Å². The summed E-state index contributed by atoms with van der Waals surface area (Å²) in [6, 6.07) is 0. The van der Waals surface area contributed by atoms with Crippen molar-refractivity contribution < 1.29 is 9.84 Å². The first-order chi connectivity index (χ1) is 7.31. The lowest BCUT2D eigenvalue weighted by Crippen LogP contribution is -2.44. The quantitative estimate of drug-likeness (QED) is 0.799. The number of hydrogen-bond donors (Lipinski definition) is 1. The molecule has 16 heavy (non-hydrogen) atoms. The van der Waals surface area contributed by atoms with E-state index in [4.69, 9.17) is 4.74 Å². The molecule has 2 heteroatoms. The Morgan fingerprint density at radius 2 is 2.00 bits per heavy atom. The van der Waals surface area contributed by atoms with Crippen LogP contribution in [0.1, 0.15) is 59.8 Å². The molecule has 96 valence electrons. The van der Waals surface area contributed by atoms with Gasteiger partial charge in [-0.3, -0.25) is 0 Å². The topological polar surface area (TPSA) is 29.5 Å². The SMILES string of the molecule is COC(C)(C)CCC1(O)CCCC(C)C1C. The number of rotatable bonds is 4. The van der Waals surface area contributed by atoms with Gasteiger partial charge in [0.15, 0.2) is 0 Å². The Kier molecular flexibility index (Phi) is 4.42. The van der Waals surface area contributed by atoms with Gasteiger partial charge in [-0.25, -0.2) is 0 Å².